The molecule has 1 aromatic carbocycles. The molecule has 8 nitrogen and oxygen atoms in total. The highest BCUT2D eigenvalue weighted by Crippen LogP contribution is 2.36. The van der Waals surface area contributed by atoms with Crippen LogP contribution in [0.4, 0.5) is 11.5 Å². The summed E-state index contributed by atoms with van der Waals surface area (Å²) in [5.74, 6) is 0.383. The molecule has 0 saturated carbocycles. The normalized spacial score (nSPS) is 15.7. The van der Waals surface area contributed by atoms with Crippen molar-refractivity contribution in [3.63, 3.8) is 0 Å². The number of aromatic nitrogens is 3. The van der Waals surface area contributed by atoms with Gasteiger partial charge in [-0.05, 0) is 43.3 Å². The molecule has 0 spiro atoms. The summed E-state index contributed by atoms with van der Waals surface area (Å²) in [5, 5.41) is 0. The van der Waals surface area contributed by atoms with E-state index in [2.05, 4.69) is 9.97 Å². The lowest BCUT2D eigenvalue weighted by Crippen LogP contribution is -2.44. The minimum Gasteiger partial charge on any atom is -0.311 e. The van der Waals surface area contributed by atoms with E-state index in [0.717, 1.165) is 11.3 Å². The summed E-state index contributed by atoms with van der Waals surface area (Å²) in [6.07, 6.45) is 3.21. The van der Waals surface area contributed by atoms with Gasteiger partial charge < -0.3 is 4.90 Å². The van der Waals surface area contributed by atoms with Gasteiger partial charge in [0, 0.05) is 24.1 Å². The molecule has 0 saturated heterocycles. The van der Waals surface area contributed by atoms with Gasteiger partial charge >= 0.3 is 0 Å². The molecule has 0 aliphatic carbocycles. The second kappa shape index (κ2) is 7.29. The second-order valence-corrected chi connectivity index (χ2v) is 9.27. The van der Waals surface area contributed by atoms with Crippen molar-refractivity contribution in [2.45, 2.75) is 18.4 Å². The van der Waals surface area contributed by atoms with Gasteiger partial charge in [0.25, 0.3) is 5.56 Å². The van der Waals surface area contributed by atoms with Crippen molar-refractivity contribution in [1.82, 2.24) is 18.7 Å². The van der Waals surface area contributed by atoms with Crippen LogP contribution in [0.3, 0.4) is 0 Å². The largest absolute Gasteiger partial charge is 0.311 e. The summed E-state index contributed by atoms with van der Waals surface area (Å²) in [6, 6.07) is 17.6. The number of benzene rings is 1. The smallest absolute Gasteiger partial charge is 0.258 e. The highest BCUT2D eigenvalue weighted by Gasteiger charge is 2.37. The van der Waals surface area contributed by atoms with Gasteiger partial charge in [-0.15, -0.1) is 0 Å². The van der Waals surface area contributed by atoms with Gasteiger partial charge in [0.1, 0.15) is 10.5 Å². The third kappa shape index (κ3) is 3.37. The predicted octanol–water partition coefficient (Wildman–Crippen LogP) is 2.70. The van der Waals surface area contributed by atoms with Crippen LogP contribution >= 0.6 is 0 Å². The molecule has 4 heterocycles. The van der Waals surface area contributed by atoms with Crippen molar-refractivity contribution in [1.29, 1.82) is 0 Å². The average Bonchev–Trinajstić information content (AvgIpc) is 2.77. The SMILES string of the molecule is Cc1ccc(N2CN(Cc3cc(=O)n4ccccc4n3)S(=O)(=O)c3cccnc32)cc1. The second-order valence-electron chi connectivity index (χ2n) is 7.36. The van der Waals surface area contributed by atoms with E-state index < -0.39 is 10.0 Å². The minimum absolute atomic E-state index is 0.0281. The highest BCUT2D eigenvalue weighted by molar-refractivity contribution is 7.89. The number of pyridine rings is 2. The fraction of sp³-hybridized carbons (Fsp3) is 0.136. The zero-order valence-corrected chi connectivity index (χ0v) is 17.5. The van der Waals surface area contributed by atoms with Crippen molar-refractivity contribution < 1.29 is 8.42 Å². The maximum absolute atomic E-state index is 13.3. The van der Waals surface area contributed by atoms with E-state index in [0.29, 0.717) is 17.2 Å². The first-order valence-corrected chi connectivity index (χ1v) is 11.1. The number of anilines is 2. The van der Waals surface area contributed by atoms with Gasteiger partial charge in [-0.1, -0.05) is 23.8 Å². The number of hydrogen-bond donors (Lipinski definition) is 0. The zero-order valence-electron chi connectivity index (χ0n) is 16.7. The molecule has 0 N–H and O–H groups in total. The number of rotatable bonds is 3. The van der Waals surface area contributed by atoms with Gasteiger partial charge in [0.05, 0.1) is 18.9 Å². The minimum atomic E-state index is -3.82. The van der Waals surface area contributed by atoms with Crippen LogP contribution in [0.25, 0.3) is 5.65 Å². The van der Waals surface area contributed by atoms with Crippen LogP contribution in [-0.4, -0.2) is 33.8 Å². The summed E-state index contributed by atoms with van der Waals surface area (Å²) < 4.78 is 29.4. The Morgan fingerprint density at radius 2 is 1.84 bits per heavy atom. The molecule has 0 unspecified atom stereocenters. The average molecular weight is 433 g/mol. The summed E-state index contributed by atoms with van der Waals surface area (Å²) in [7, 11) is -3.82. The Bertz CT molecular complexity index is 1450. The molecule has 1 aliphatic heterocycles. The van der Waals surface area contributed by atoms with Crippen molar-refractivity contribution in [3.05, 3.63) is 94.7 Å². The lowest BCUT2D eigenvalue weighted by Gasteiger charge is -2.36. The number of fused-ring (bicyclic) bond motifs is 2. The first kappa shape index (κ1) is 19.4. The third-order valence-electron chi connectivity index (χ3n) is 5.23. The molecule has 0 fully saturated rings. The van der Waals surface area contributed by atoms with Crippen LogP contribution in [0.2, 0.25) is 0 Å². The molecule has 156 valence electrons. The van der Waals surface area contributed by atoms with Crippen LogP contribution in [0, 0.1) is 6.92 Å². The van der Waals surface area contributed by atoms with E-state index in [4.69, 9.17) is 0 Å². The first-order chi connectivity index (χ1) is 14.9. The lowest BCUT2D eigenvalue weighted by molar-refractivity contribution is 0.398. The van der Waals surface area contributed by atoms with Crippen LogP contribution in [0.1, 0.15) is 11.3 Å². The number of aryl methyl sites for hydroxylation is 1. The Morgan fingerprint density at radius 1 is 1.03 bits per heavy atom. The molecular formula is C22H19N5O3S. The maximum Gasteiger partial charge on any atom is 0.258 e. The zero-order chi connectivity index (χ0) is 21.6. The summed E-state index contributed by atoms with van der Waals surface area (Å²) in [5.41, 5.74) is 2.53. The van der Waals surface area contributed by atoms with Crippen molar-refractivity contribution in [2.24, 2.45) is 0 Å². The summed E-state index contributed by atoms with van der Waals surface area (Å²) >= 11 is 0. The molecule has 0 bridgehead atoms. The maximum atomic E-state index is 13.3. The Hall–Kier alpha value is -3.56. The molecule has 0 atom stereocenters. The molecule has 9 heteroatoms. The van der Waals surface area contributed by atoms with Crippen molar-refractivity contribution >= 4 is 27.2 Å². The third-order valence-corrected chi connectivity index (χ3v) is 7.03. The topological polar surface area (TPSA) is 87.9 Å². The first-order valence-electron chi connectivity index (χ1n) is 9.70. The van der Waals surface area contributed by atoms with Crippen LogP contribution in [0.5, 0.6) is 0 Å². The molecule has 5 rings (SSSR count). The predicted molar refractivity (Wildman–Crippen MR) is 117 cm³/mol. The van der Waals surface area contributed by atoms with Gasteiger partial charge in [0.2, 0.25) is 10.0 Å². The molecule has 1 aliphatic rings. The number of nitrogens with zero attached hydrogens (tertiary/aromatic N) is 5. The van der Waals surface area contributed by atoms with Gasteiger partial charge in [-0.2, -0.15) is 4.31 Å². The molecular weight excluding hydrogens is 414 g/mol. The molecule has 3 aromatic heterocycles. The Balaban J connectivity index is 1.59. The van der Waals surface area contributed by atoms with E-state index in [-0.39, 0.29) is 23.7 Å². The van der Waals surface area contributed by atoms with Gasteiger partial charge in [-0.25, -0.2) is 18.4 Å². The quantitative estimate of drug-likeness (QED) is 0.494. The molecule has 31 heavy (non-hydrogen) atoms. The van der Waals surface area contributed by atoms with E-state index in [1.165, 1.54) is 14.8 Å². The van der Waals surface area contributed by atoms with Crippen LogP contribution in [-0.2, 0) is 16.6 Å². The van der Waals surface area contributed by atoms with Crippen molar-refractivity contribution in [2.75, 3.05) is 11.6 Å². The highest BCUT2D eigenvalue weighted by atomic mass is 32.2. The summed E-state index contributed by atoms with van der Waals surface area (Å²) in [6.45, 7) is 2.03. The van der Waals surface area contributed by atoms with Crippen molar-refractivity contribution in [3.8, 4) is 0 Å². The number of hydrogen-bond acceptors (Lipinski definition) is 6. The van der Waals surface area contributed by atoms with E-state index >= 15 is 0 Å². The number of sulfonamides is 1. The van der Waals surface area contributed by atoms with Gasteiger partial charge in [0.15, 0.2) is 5.82 Å². The van der Waals surface area contributed by atoms with Crippen LogP contribution in [0.15, 0.2) is 82.7 Å². The Labute approximate surface area is 179 Å². The lowest BCUT2D eigenvalue weighted by atomic mass is 10.2. The summed E-state index contributed by atoms with van der Waals surface area (Å²) in [4.78, 5) is 23.3. The Kier molecular flexibility index (Phi) is 4.57. The van der Waals surface area contributed by atoms with E-state index in [9.17, 15) is 13.2 Å². The van der Waals surface area contributed by atoms with Crippen LogP contribution < -0.4 is 10.5 Å². The van der Waals surface area contributed by atoms with E-state index in [1.807, 2.05) is 36.1 Å². The van der Waals surface area contributed by atoms with Gasteiger partial charge in [-0.3, -0.25) is 9.20 Å². The standard InChI is InChI=1S/C22H19N5O3S/c1-16-7-9-18(10-8-16)27-15-25(31(29,30)19-5-4-11-23-22(19)27)14-17-13-21(28)26-12-3-2-6-20(26)24-17/h2-13H,14-15H2,1H3. The fourth-order valence-electron chi connectivity index (χ4n) is 3.65. The monoisotopic (exact) mass is 433 g/mol. The van der Waals surface area contributed by atoms with E-state index in [1.54, 1.807) is 42.7 Å². The molecule has 4 aromatic rings. The molecule has 0 amide bonds. The Morgan fingerprint density at radius 3 is 2.65 bits per heavy atom. The molecule has 0 radical (unpaired) electrons. The fourth-order valence-corrected chi connectivity index (χ4v) is 5.15.